The Bertz CT molecular complexity index is 2620. The van der Waals surface area contributed by atoms with Gasteiger partial charge in [-0.05, 0) is 70.8 Å². The fraction of sp³-hybridized carbons (Fsp3) is 0.265. The Morgan fingerprint density at radius 3 is 1.36 bits per heavy atom. The van der Waals surface area contributed by atoms with Crippen LogP contribution in [0, 0.1) is 6.92 Å². The lowest BCUT2D eigenvalue weighted by Gasteiger charge is -2.55. The van der Waals surface area contributed by atoms with Crippen LogP contribution in [0.25, 0.3) is 43.4 Å². The molecule has 4 atom stereocenters. The zero-order valence-corrected chi connectivity index (χ0v) is 35.8. The lowest BCUT2D eigenvalue weighted by Crippen LogP contribution is -2.63. The van der Waals surface area contributed by atoms with Crippen molar-refractivity contribution in [3.05, 3.63) is 134 Å². The topological polar surface area (TPSA) is 55.9 Å². The van der Waals surface area contributed by atoms with Crippen molar-refractivity contribution in [2.24, 2.45) is 20.0 Å². The summed E-state index contributed by atoms with van der Waals surface area (Å²) >= 11 is 29.1. The van der Waals surface area contributed by atoms with Gasteiger partial charge in [0.15, 0.2) is 0 Å². The minimum absolute atomic E-state index is 0.292. The Hall–Kier alpha value is -4.72. The van der Waals surface area contributed by atoms with E-state index in [2.05, 4.69) is 140 Å². The van der Waals surface area contributed by atoms with E-state index in [1.807, 2.05) is 49.7 Å². The van der Waals surface area contributed by atoms with Crippen molar-refractivity contribution in [3.8, 4) is 11.1 Å². The quantitative estimate of drug-likeness (QED) is 0.0981. The van der Waals surface area contributed by atoms with Gasteiger partial charge >= 0.3 is 0 Å². The van der Waals surface area contributed by atoms with E-state index < -0.39 is 22.2 Å². The third-order valence-corrected chi connectivity index (χ3v) is 14.5. The molecule has 4 unspecified atom stereocenters. The highest BCUT2D eigenvalue weighted by molar-refractivity contribution is 6.26. The lowest BCUT2D eigenvalue weighted by atomic mass is 9.80. The molecule has 0 saturated heterocycles. The molecular formula is C49H44Cl4N6. The standard InChI is InChI=1S/C49H44Cl4N6/c1-35-7-2-4-9-37(35)39-11-6-12-40-41(39)30-43-42(45(40)59(48(33-52)17-25-56-26-18-48)49(34-53)19-27-57-28-20-49)29-36-8-3-5-10-38(36)44(43)58(46(31-50)13-21-54-22-14-46)47(32-51)15-23-55-24-16-47/h2-13,15,17,19,21-30H,14,16,18,20,31-34H2,1H3. The zero-order valence-electron chi connectivity index (χ0n) is 32.8. The molecule has 0 amide bonds. The average Bonchev–Trinajstić information content (AvgIpc) is 3.30. The van der Waals surface area contributed by atoms with Crippen LogP contribution >= 0.6 is 46.4 Å². The van der Waals surface area contributed by atoms with Crippen LogP contribution in [0.2, 0.25) is 0 Å². The third kappa shape index (κ3) is 6.46. The van der Waals surface area contributed by atoms with Gasteiger partial charge in [0.05, 0.1) is 33.5 Å². The second-order valence-corrected chi connectivity index (χ2v) is 17.1. The van der Waals surface area contributed by atoms with Gasteiger partial charge in [-0.2, -0.15) is 0 Å². The summed E-state index contributed by atoms with van der Waals surface area (Å²) in [5, 5.41) is 6.45. The van der Waals surface area contributed by atoms with Crippen LogP contribution in [0.5, 0.6) is 0 Å². The monoisotopic (exact) mass is 856 g/mol. The van der Waals surface area contributed by atoms with Crippen LogP contribution in [0.4, 0.5) is 11.4 Å². The van der Waals surface area contributed by atoms with Gasteiger partial charge in [0.2, 0.25) is 0 Å². The number of rotatable bonds is 11. The van der Waals surface area contributed by atoms with Crippen molar-refractivity contribution in [3.63, 3.8) is 0 Å². The Morgan fingerprint density at radius 1 is 0.458 bits per heavy atom. The molecule has 0 aromatic heterocycles. The van der Waals surface area contributed by atoms with E-state index in [9.17, 15) is 0 Å². The summed E-state index contributed by atoms with van der Waals surface area (Å²) in [6, 6.07) is 28.6. The normalized spacial score (nSPS) is 25.8. The number of anilines is 2. The fourth-order valence-electron chi connectivity index (χ4n) is 9.66. The van der Waals surface area contributed by atoms with Gasteiger partial charge in [-0.1, -0.05) is 66.7 Å². The molecule has 5 aromatic rings. The van der Waals surface area contributed by atoms with Crippen LogP contribution in [0.3, 0.4) is 0 Å². The molecule has 0 fully saturated rings. The number of fused-ring (bicyclic) bond motifs is 3. The Labute approximate surface area is 365 Å². The summed E-state index contributed by atoms with van der Waals surface area (Å²) in [5.74, 6) is 1.17. The van der Waals surface area contributed by atoms with E-state index in [0.29, 0.717) is 49.2 Å². The minimum Gasteiger partial charge on any atom is -0.349 e. The number of benzene rings is 5. The van der Waals surface area contributed by atoms with Gasteiger partial charge in [0, 0.05) is 120 Å². The van der Waals surface area contributed by atoms with E-state index >= 15 is 0 Å². The molecule has 0 saturated carbocycles. The van der Waals surface area contributed by atoms with Crippen LogP contribution in [0.15, 0.2) is 148 Å². The molecule has 59 heavy (non-hydrogen) atoms. The van der Waals surface area contributed by atoms with E-state index in [4.69, 9.17) is 46.4 Å². The average molecular weight is 859 g/mol. The molecule has 298 valence electrons. The lowest BCUT2D eigenvalue weighted by molar-refractivity contribution is 0.419. The number of halogens is 4. The summed E-state index contributed by atoms with van der Waals surface area (Å²) in [5.41, 5.74) is 2.72. The Kier molecular flexibility index (Phi) is 10.8. The molecule has 0 aliphatic carbocycles. The number of nitrogens with zero attached hydrogens (tertiary/aromatic N) is 6. The van der Waals surface area contributed by atoms with Crippen LogP contribution < -0.4 is 9.80 Å². The van der Waals surface area contributed by atoms with Crippen LogP contribution in [-0.2, 0) is 0 Å². The van der Waals surface area contributed by atoms with E-state index in [0.717, 1.165) is 54.8 Å². The SMILES string of the molecule is Cc1ccccc1-c1cccc2c(N(C3(CCl)C=CN=CC3)C3(CCl)C=CN=CC3)c3cc4ccccc4c(N(C4(CCl)C=CN=CC4)C4(CCl)C=CN=CC4)c3cc12. The number of hydrogen-bond donors (Lipinski definition) is 0. The highest BCUT2D eigenvalue weighted by Crippen LogP contribution is 2.54. The maximum atomic E-state index is 7.29. The van der Waals surface area contributed by atoms with Gasteiger partial charge in [-0.25, -0.2) is 0 Å². The first-order valence-corrected chi connectivity index (χ1v) is 22.1. The Morgan fingerprint density at radius 2 is 0.881 bits per heavy atom. The van der Waals surface area contributed by atoms with Gasteiger partial charge in [-0.15, -0.1) is 46.4 Å². The molecule has 4 aliphatic heterocycles. The number of hydrogen-bond acceptors (Lipinski definition) is 6. The summed E-state index contributed by atoms with van der Waals surface area (Å²) in [7, 11) is 0. The van der Waals surface area contributed by atoms with Crippen molar-refractivity contribution >= 4 is 115 Å². The summed E-state index contributed by atoms with van der Waals surface area (Å²) in [6.45, 7) is 2.18. The van der Waals surface area contributed by atoms with E-state index in [1.54, 1.807) is 0 Å². The van der Waals surface area contributed by atoms with Gasteiger partial charge in [-0.3, -0.25) is 20.0 Å². The first kappa shape index (κ1) is 39.7. The van der Waals surface area contributed by atoms with Crippen LogP contribution in [0.1, 0.15) is 31.2 Å². The summed E-state index contributed by atoms with van der Waals surface area (Å²) < 4.78 is 0. The smallest absolute Gasteiger partial charge is 0.0796 e. The maximum absolute atomic E-state index is 7.29. The highest BCUT2D eigenvalue weighted by atomic mass is 35.5. The van der Waals surface area contributed by atoms with Gasteiger partial charge < -0.3 is 9.80 Å². The maximum Gasteiger partial charge on any atom is 0.0796 e. The highest BCUT2D eigenvalue weighted by Gasteiger charge is 2.50. The van der Waals surface area contributed by atoms with Crippen molar-refractivity contribution < 1.29 is 0 Å². The molecule has 0 N–H and O–H groups in total. The minimum atomic E-state index is -0.709. The second-order valence-electron chi connectivity index (χ2n) is 16.0. The number of alkyl halides is 4. The molecule has 5 aromatic carbocycles. The Balaban J connectivity index is 1.53. The van der Waals surface area contributed by atoms with Crippen molar-refractivity contribution in [2.45, 2.75) is 54.8 Å². The first-order valence-electron chi connectivity index (χ1n) is 20.0. The van der Waals surface area contributed by atoms with Crippen molar-refractivity contribution in [2.75, 3.05) is 33.3 Å². The zero-order chi connectivity index (χ0) is 40.7. The number of aryl methyl sites for hydroxylation is 1. The van der Waals surface area contributed by atoms with Crippen molar-refractivity contribution in [1.29, 1.82) is 0 Å². The molecule has 0 spiro atoms. The molecule has 0 radical (unpaired) electrons. The number of aliphatic imine (C=N–C) groups is 4. The van der Waals surface area contributed by atoms with Crippen molar-refractivity contribution in [1.82, 2.24) is 0 Å². The van der Waals surface area contributed by atoms with E-state index in [-0.39, 0.29) is 0 Å². The molecule has 4 heterocycles. The van der Waals surface area contributed by atoms with Gasteiger partial charge in [0.25, 0.3) is 0 Å². The van der Waals surface area contributed by atoms with Gasteiger partial charge in [0.1, 0.15) is 0 Å². The molecule has 0 bridgehead atoms. The summed E-state index contributed by atoms with van der Waals surface area (Å²) in [6.07, 6.45) is 26.3. The van der Waals surface area contributed by atoms with E-state index in [1.165, 1.54) is 5.56 Å². The molecule has 10 heteroatoms. The molecule has 9 rings (SSSR count). The van der Waals surface area contributed by atoms with Crippen LogP contribution in [-0.4, -0.2) is 70.5 Å². The molecule has 4 aliphatic rings. The summed E-state index contributed by atoms with van der Waals surface area (Å²) in [4.78, 5) is 23.2. The second kappa shape index (κ2) is 16.0. The first-order chi connectivity index (χ1) is 28.9. The molecule has 6 nitrogen and oxygen atoms in total. The predicted octanol–water partition coefficient (Wildman–Crippen LogP) is 12.6. The fourth-order valence-corrected chi connectivity index (χ4v) is 10.9. The largest absolute Gasteiger partial charge is 0.349 e. The predicted molar refractivity (Wildman–Crippen MR) is 257 cm³/mol. The molecular weight excluding hydrogens is 814 g/mol. The third-order valence-electron chi connectivity index (χ3n) is 12.6.